The van der Waals surface area contributed by atoms with Gasteiger partial charge in [-0.05, 0) is 94.0 Å². The van der Waals surface area contributed by atoms with Gasteiger partial charge >= 0.3 is 0 Å². The molecule has 1 spiro atoms. The van der Waals surface area contributed by atoms with Crippen molar-refractivity contribution in [3.8, 4) is 73.3 Å². The third-order valence-electron chi connectivity index (χ3n) is 14.7. The van der Waals surface area contributed by atoms with Gasteiger partial charge in [0, 0.05) is 64.4 Å². The van der Waals surface area contributed by atoms with Crippen LogP contribution in [0.5, 0.6) is 11.5 Å². The summed E-state index contributed by atoms with van der Waals surface area (Å²) in [7, 11) is 0. The maximum Gasteiger partial charge on any atom is 0.160 e. The van der Waals surface area contributed by atoms with Gasteiger partial charge in [-0.25, -0.2) is 9.97 Å². The number of benzene rings is 10. The van der Waals surface area contributed by atoms with Crippen molar-refractivity contribution in [3.63, 3.8) is 0 Å². The minimum absolute atomic E-state index is 0.642. The van der Waals surface area contributed by atoms with Crippen LogP contribution in [0.1, 0.15) is 22.3 Å². The predicted octanol–water partition coefficient (Wildman–Crippen LogP) is 17.1. The summed E-state index contributed by atoms with van der Waals surface area (Å²) in [5.74, 6) is 2.43. The van der Waals surface area contributed by atoms with Crippen LogP contribution in [0.4, 0.5) is 0 Å². The highest BCUT2D eigenvalue weighted by Crippen LogP contribution is 2.63. The van der Waals surface area contributed by atoms with Crippen LogP contribution in [0.15, 0.2) is 237 Å². The van der Waals surface area contributed by atoms with Gasteiger partial charge in [0.25, 0.3) is 0 Å². The fraction of sp³-hybridized carbons (Fsp3) is 0.0154. The summed E-state index contributed by atoms with van der Waals surface area (Å²) in [5.41, 5.74) is 17.2. The number of thiophene rings is 1. The summed E-state index contributed by atoms with van der Waals surface area (Å²) < 4.78 is 11.8. The standard InChI is InChI=1S/C65H39N3OS/c1-4-18-40(19-5-1)54-39-55(67-64(66-54)41-20-6-2-7-21-41)43-33-35-51-49(37-43)48-36-42(32-34-50(48)65(51)52-26-12-15-29-57(52)69-58-30-16-13-27-53(58)65)47-38-60-62(46-25-11-17-31-59(46)70-60)63-61(47)45-24-10-14-28-56(45)68(63)44-22-8-3-9-23-44/h1-39H. The van der Waals surface area contributed by atoms with Gasteiger partial charge in [-0.1, -0.05) is 176 Å². The van der Waals surface area contributed by atoms with E-state index in [1.54, 1.807) is 0 Å². The van der Waals surface area contributed by atoms with E-state index < -0.39 is 5.41 Å². The topological polar surface area (TPSA) is 39.9 Å². The lowest BCUT2D eigenvalue weighted by Gasteiger charge is -2.39. The van der Waals surface area contributed by atoms with Crippen LogP contribution in [0.3, 0.4) is 0 Å². The molecule has 0 unspecified atom stereocenters. The van der Waals surface area contributed by atoms with E-state index in [9.17, 15) is 0 Å². The highest BCUT2D eigenvalue weighted by Gasteiger charge is 2.51. The SMILES string of the molecule is c1ccc(-c2cc(-c3ccc4c(c3)-c3cc(-c5cc6sc7ccccc7c6c6c5c5ccccc5n6-c5ccccc5)ccc3C43c4ccccc4Oc4ccccc43)nc(-c3ccccc3)n2)cc1. The van der Waals surface area contributed by atoms with Crippen molar-refractivity contribution >= 4 is 53.3 Å². The lowest BCUT2D eigenvalue weighted by Crippen LogP contribution is -2.32. The molecule has 0 amide bonds. The number of ether oxygens (including phenoxy) is 1. The first kappa shape index (κ1) is 39.1. The van der Waals surface area contributed by atoms with Crippen LogP contribution < -0.4 is 4.74 Å². The molecule has 0 saturated carbocycles. The van der Waals surface area contributed by atoms with E-state index in [1.807, 2.05) is 35.6 Å². The molecule has 0 fully saturated rings. The van der Waals surface area contributed by atoms with Crippen molar-refractivity contribution in [1.82, 2.24) is 14.5 Å². The summed E-state index contributed by atoms with van der Waals surface area (Å²) >= 11 is 1.87. The Bertz CT molecular complexity index is 4170. The van der Waals surface area contributed by atoms with E-state index in [-0.39, 0.29) is 0 Å². The third kappa shape index (κ3) is 5.58. The number of hydrogen-bond donors (Lipinski definition) is 0. The van der Waals surface area contributed by atoms with Gasteiger partial charge in [-0.2, -0.15) is 0 Å². The lowest BCUT2D eigenvalue weighted by atomic mass is 9.66. The first-order chi connectivity index (χ1) is 34.7. The van der Waals surface area contributed by atoms with Crippen LogP contribution in [-0.2, 0) is 5.41 Å². The molecule has 13 aromatic rings. The van der Waals surface area contributed by atoms with Gasteiger partial charge in [0.2, 0.25) is 0 Å². The molecule has 0 radical (unpaired) electrons. The zero-order chi connectivity index (χ0) is 45.9. The van der Waals surface area contributed by atoms with Crippen LogP contribution in [0.25, 0.3) is 104 Å². The van der Waals surface area contributed by atoms with E-state index in [4.69, 9.17) is 14.7 Å². The van der Waals surface area contributed by atoms with Crippen molar-refractivity contribution in [1.29, 1.82) is 0 Å². The highest BCUT2D eigenvalue weighted by atomic mass is 32.1. The average Bonchev–Trinajstić information content (AvgIpc) is 4.08. The maximum absolute atomic E-state index is 6.77. The minimum Gasteiger partial charge on any atom is -0.457 e. The molecule has 2 aliphatic rings. The second-order valence-corrected chi connectivity index (χ2v) is 19.5. The quantitative estimate of drug-likeness (QED) is 0.173. The number of para-hydroxylation sites is 4. The normalized spacial score (nSPS) is 13.1. The number of rotatable bonds is 5. The van der Waals surface area contributed by atoms with Gasteiger partial charge in [-0.15, -0.1) is 11.3 Å². The van der Waals surface area contributed by atoms with Gasteiger partial charge in [0.1, 0.15) is 11.5 Å². The van der Waals surface area contributed by atoms with Crippen LogP contribution >= 0.6 is 11.3 Å². The molecule has 10 aromatic carbocycles. The first-order valence-electron chi connectivity index (χ1n) is 23.8. The van der Waals surface area contributed by atoms with Crippen LogP contribution in [0.2, 0.25) is 0 Å². The zero-order valence-electron chi connectivity index (χ0n) is 37.7. The van der Waals surface area contributed by atoms with E-state index in [2.05, 4.69) is 217 Å². The molecule has 1 aliphatic carbocycles. The summed E-state index contributed by atoms with van der Waals surface area (Å²) in [6.07, 6.45) is 0. The molecule has 4 heterocycles. The van der Waals surface area contributed by atoms with Crippen LogP contribution in [-0.4, -0.2) is 14.5 Å². The number of nitrogens with zero attached hydrogens (tertiary/aromatic N) is 3. The van der Waals surface area contributed by atoms with Gasteiger partial charge in [0.05, 0.1) is 27.8 Å². The smallest absolute Gasteiger partial charge is 0.160 e. The van der Waals surface area contributed by atoms with Gasteiger partial charge < -0.3 is 9.30 Å². The Kier molecular flexibility index (Phi) is 8.41. The summed E-state index contributed by atoms with van der Waals surface area (Å²) in [6, 6.07) is 85.4. The summed E-state index contributed by atoms with van der Waals surface area (Å²) in [5, 5.41) is 5.05. The Morgan fingerprint density at radius 1 is 0.386 bits per heavy atom. The second-order valence-electron chi connectivity index (χ2n) is 18.4. The van der Waals surface area contributed by atoms with E-state index >= 15 is 0 Å². The monoisotopic (exact) mass is 909 g/mol. The van der Waals surface area contributed by atoms with Crippen LogP contribution in [0, 0.1) is 0 Å². The van der Waals surface area contributed by atoms with Crippen molar-refractivity contribution in [2.45, 2.75) is 5.41 Å². The Morgan fingerprint density at radius 2 is 0.943 bits per heavy atom. The van der Waals surface area contributed by atoms with Crippen molar-refractivity contribution < 1.29 is 4.74 Å². The lowest BCUT2D eigenvalue weighted by molar-refractivity contribution is 0.436. The molecule has 3 aromatic heterocycles. The molecule has 5 heteroatoms. The minimum atomic E-state index is -0.642. The molecule has 1 aliphatic heterocycles. The second kappa shape index (κ2) is 15.1. The first-order valence-corrected chi connectivity index (χ1v) is 24.6. The number of hydrogen-bond acceptors (Lipinski definition) is 4. The average molecular weight is 910 g/mol. The molecule has 70 heavy (non-hydrogen) atoms. The molecule has 326 valence electrons. The zero-order valence-corrected chi connectivity index (χ0v) is 38.5. The van der Waals surface area contributed by atoms with Gasteiger partial charge in [0.15, 0.2) is 5.82 Å². The van der Waals surface area contributed by atoms with Crippen molar-refractivity contribution in [2.24, 2.45) is 0 Å². The highest BCUT2D eigenvalue weighted by molar-refractivity contribution is 7.26. The molecule has 4 nitrogen and oxygen atoms in total. The van der Waals surface area contributed by atoms with Gasteiger partial charge in [-0.3, -0.25) is 0 Å². The predicted molar refractivity (Wildman–Crippen MR) is 288 cm³/mol. The molecular formula is C65H39N3OS. The maximum atomic E-state index is 6.77. The largest absolute Gasteiger partial charge is 0.457 e. The Labute approximate surface area is 408 Å². The Morgan fingerprint density at radius 3 is 1.66 bits per heavy atom. The Balaban J connectivity index is 1.03. The van der Waals surface area contributed by atoms with E-state index in [1.165, 1.54) is 75.4 Å². The van der Waals surface area contributed by atoms with Crippen molar-refractivity contribution in [2.75, 3.05) is 0 Å². The fourth-order valence-electron chi connectivity index (χ4n) is 11.7. The fourth-order valence-corrected chi connectivity index (χ4v) is 12.9. The number of fused-ring (bicyclic) bond motifs is 16. The summed E-state index contributed by atoms with van der Waals surface area (Å²) in [4.78, 5) is 10.5. The molecule has 15 rings (SSSR count). The molecular weight excluding hydrogens is 871 g/mol. The Hall–Kier alpha value is -8.90. The third-order valence-corrected chi connectivity index (χ3v) is 15.8. The van der Waals surface area contributed by atoms with Crippen molar-refractivity contribution in [3.05, 3.63) is 259 Å². The molecule has 0 bridgehead atoms. The van der Waals surface area contributed by atoms with E-state index in [0.717, 1.165) is 56.4 Å². The summed E-state index contributed by atoms with van der Waals surface area (Å²) in [6.45, 7) is 0. The molecule has 0 atom stereocenters. The molecule has 0 N–H and O–H groups in total. The molecule has 0 saturated heterocycles. The number of aromatic nitrogens is 3. The van der Waals surface area contributed by atoms with E-state index in [0.29, 0.717) is 5.82 Å².